The maximum Gasteiger partial charge on any atom is 0.169 e. The van der Waals surface area contributed by atoms with Gasteiger partial charge in [-0.15, -0.1) is 11.3 Å². The molecule has 5 heteroatoms. The van der Waals surface area contributed by atoms with Crippen molar-refractivity contribution in [1.82, 2.24) is 0 Å². The van der Waals surface area contributed by atoms with Gasteiger partial charge in [-0.2, -0.15) is 0 Å². The van der Waals surface area contributed by atoms with Crippen LogP contribution in [0.15, 0.2) is 37.1 Å². The van der Waals surface area contributed by atoms with Gasteiger partial charge in [-0.3, -0.25) is 0 Å². The van der Waals surface area contributed by atoms with E-state index in [1.807, 2.05) is 11.4 Å². The third-order valence-electron chi connectivity index (χ3n) is 1.76. The van der Waals surface area contributed by atoms with Crippen molar-refractivity contribution in [1.29, 1.82) is 0 Å². The average molecular weight is 338 g/mol. The van der Waals surface area contributed by atoms with E-state index < -0.39 is 6.10 Å². The summed E-state index contributed by atoms with van der Waals surface area (Å²) in [6.45, 7) is 0. The Balaban J connectivity index is 2.33. The minimum atomic E-state index is -0.698. The molecule has 0 aliphatic heterocycles. The number of thiophene rings is 1. The first-order chi connectivity index (χ1) is 6.68. The standard InChI is InChI=1S/C9H6Br2O2S/c10-5-3-4-14-9(5)8(12)6-1-2-7(11)13-6/h1-4,8,12H. The first-order valence-electron chi connectivity index (χ1n) is 3.84. The first kappa shape index (κ1) is 10.4. The van der Waals surface area contributed by atoms with Crippen LogP contribution in [-0.4, -0.2) is 5.11 Å². The molecule has 0 bridgehead atoms. The molecule has 0 aromatic carbocycles. The Morgan fingerprint density at radius 1 is 1.29 bits per heavy atom. The van der Waals surface area contributed by atoms with Gasteiger partial charge in [-0.05, 0) is 55.4 Å². The van der Waals surface area contributed by atoms with E-state index in [9.17, 15) is 5.11 Å². The van der Waals surface area contributed by atoms with Gasteiger partial charge in [0.1, 0.15) is 11.9 Å². The minimum Gasteiger partial charge on any atom is -0.451 e. The Labute approximate surface area is 102 Å². The van der Waals surface area contributed by atoms with Crippen LogP contribution in [0.3, 0.4) is 0 Å². The van der Waals surface area contributed by atoms with Crippen LogP contribution in [-0.2, 0) is 0 Å². The van der Waals surface area contributed by atoms with Gasteiger partial charge in [0.05, 0.1) is 4.88 Å². The molecule has 2 rings (SSSR count). The Bertz CT molecular complexity index is 435. The van der Waals surface area contributed by atoms with Crippen LogP contribution in [0.25, 0.3) is 0 Å². The van der Waals surface area contributed by atoms with Crippen LogP contribution in [0.4, 0.5) is 0 Å². The van der Waals surface area contributed by atoms with E-state index >= 15 is 0 Å². The zero-order valence-corrected chi connectivity index (χ0v) is 10.9. The molecule has 14 heavy (non-hydrogen) atoms. The zero-order valence-electron chi connectivity index (χ0n) is 6.91. The number of hydrogen-bond donors (Lipinski definition) is 1. The molecule has 0 saturated heterocycles. The van der Waals surface area contributed by atoms with Crippen LogP contribution in [0.1, 0.15) is 16.7 Å². The van der Waals surface area contributed by atoms with E-state index in [1.165, 1.54) is 11.3 Å². The van der Waals surface area contributed by atoms with Crippen LogP contribution in [0, 0.1) is 0 Å². The van der Waals surface area contributed by atoms with Crippen molar-refractivity contribution in [3.63, 3.8) is 0 Å². The molecule has 0 spiro atoms. The Morgan fingerprint density at radius 2 is 2.07 bits per heavy atom. The van der Waals surface area contributed by atoms with Gasteiger partial charge in [0, 0.05) is 4.47 Å². The van der Waals surface area contributed by atoms with E-state index in [2.05, 4.69) is 31.9 Å². The normalized spacial score (nSPS) is 13.1. The molecule has 2 heterocycles. The molecule has 1 atom stereocenters. The summed E-state index contributed by atoms with van der Waals surface area (Å²) < 4.78 is 6.81. The number of aliphatic hydroxyl groups excluding tert-OH is 1. The Hall–Kier alpha value is -0.100. The van der Waals surface area contributed by atoms with E-state index in [-0.39, 0.29) is 0 Å². The summed E-state index contributed by atoms with van der Waals surface area (Å²) in [7, 11) is 0. The van der Waals surface area contributed by atoms with Crippen molar-refractivity contribution in [3.05, 3.63) is 43.4 Å². The molecule has 0 radical (unpaired) electrons. The monoisotopic (exact) mass is 336 g/mol. The SMILES string of the molecule is OC(c1ccc(Br)o1)c1sccc1Br. The second-order valence-corrected chi connectivity index (χ2v) is 5.26. The lowest BCUT2D eigenvalue weighted by Crippen LogP contribution is -1.95. The number of aliphatic hydroxyl groups is 1. The van der Waals surface area contributed by atoms with Gasteiger partial charge in [0.2, 0.25) is 0 Å². The third-order valence-corrected chi connectivity index (χ3v) is 4.11. The zero-order chi connectivity index (χ0) is 10.1. The second kappa shape index (κ2) is 4.18. The van der Waals surface area contributed by atoms with E-state index in [4.69, 9.17) is 4.42 Å². The molecule has 0 saturated carbocycles. The molecule has 2 nitrogen and oxygen atoms in total. The predicted molar refractivity (Wildman–Crippen MR) is 62.5 cm³/mol. The molecule has 0 aliphatic carbocycles. The van der Waals surface area contributed by atoms with Crippen molar-refractivity contribution in [2.75, 3.05) is 0 Å². The molecule has 0 amide bonds. The highest BCUT2D eigenvalue weighted by Crippen LogP contribution is 2.34. The fraction of sp³-hybridized carbons (Fsp3) is 0.111. The number of furan rings is 1. The first-order valence-corrected chi connectivity index (χ1v) is 6.31. The molecule has 0 aliphatic rings. The van der Waals surface area contributed by atoms with Crippen LogP contribution < -0.4 is 0 Å². The summed E-state index contributed by atoms with van der Waals surface area (Å²) >= 11 is 8.05. The van der Waals surface area contributed by atoms with Crippen molar-refractivity contribution in [2.24, 2.45) is 0 Å². The van der Waals surface area contributed by atoms with Crippen molar-refractivity contribution < 1.29 is 9.52 Å². The van der Waals surface area contributed by atoms with Gasteiger partial charge in [0.15, 0.2) is 4.67 Å². The van der Waals surface area contributed by atoms with Gasteiger partial charge in [0.25, 0.3) is 0 Å². The molecular formula is C9H6Br2O2S. The van der Waals surface area contributed by atoms with Gasteiger partial charge in [-0.1, -0.05) is 0 Å². The second-order valence-electron chi connectivity index (χ2n) is 2.68. The fourth-order valence-electron chi connectivity index (χ4n) is 1.10. The summed E-state index contributed by atoms with van der Waals surface area (Å²) in [5, 5.41) is 11.9. The highest BCUT2D eigenvalue weighted by molar-refractivity contribution is 9.10. The highest BCUT2D eigenvalue weighted by Gasteiger charge is 2.18. The molecule has 2 aromatic heterocycles. The van der Waals surface area contributed by atoms with E-state index in [1.54, 1.807) is 12.1 Å². The third kappa shape index (κ3) is 1.95. The lowest BCUT2D eigenvalue weighted by atomic mass is 10.2. The fourth-order valence-corrected chi connectivity index (χ4v) is 3.00. The maximum atomic E-state index is 9.94. The van der Waals surface area contributed by atoms with Gasteiger partial charge in [-0.25, -0.2) is 0 Å². The number of hydrogen-bond acceptors (Lipinski definition) is 3. The molecule has 1 unspecified atom stereocenters. The molecule has 0 fully saturated rings. The predicted octanol–water partition coefficient (Wildman–Crippen LogP) is 3.95. The summed E-state index contributed by atoms with van der Waals surface area (Å²) in [6.07, 6.45) is -0.698. The molecule has 1 N–H and O–H groups in total. The topological polar surface area (TPSA) is 33.4 Å². The van der Waals surface area contributed by atoms with E-state index in [0.29, 0.717) is 10.4 Å². The highest BCUT2D eigenvalue weighted by atomic mass is 79.9. The lowest BCUT2D eigenvalue weighted by molar-refractivity contribution is 0.190. The van der Waals surface area contributed by atoms with Crippen LogP contribution in [0.5, 0.6) is 0 Å². The van der Waals surface area contributed by atoms with Crippen molar-refractivity contribution >= 4 is 43.2 Å². The summed E-state index contributed by atoms with van der Waals surface area (Å²) in [6, 6.07) is 5.42. The molecule has 74 valence electrons. The Morgan fingerprint density at radius 3 is 2.57 bits per heavy atom. The lowest BCUT2D eigenvalue weighted by Gasteiger charge is -2.05. The minimum absolute atomic E-state index is 0.542. The summed E-state index contributed by atoms with van der Waals surface area (Å²) in [5.41, 5.74) is 0. The average Bonchev–Trinajstić information content (AvgIpc) is 2.73. The Kier molecular flexibility index (Phi) is 3.11. The smallest absolute Gasteiger partial charge is 0.169 e. The van der Waals surface area contributed by atoms with E-state index in [0.717, 1.165) is 9.35 Å². The largest absolute Gasteiger partial charge is 0.451 e. The molecule has 2 aromatic rings. The quantitative estimate of drug-likeness (QED) is 0.900. The summed E-state index contributed by atoms with van der Waals surface area (Å²) in [5.74, 6) is 0.542. The van der Waals surface area contributed by atoms with Crippen LogP contribution in [0.2, 0.25) is 0 Å². The summed E-state index contributed by atoms with van der Waals surface area (Å²) in [4.78, 5) is 0.854. The van der Waals surface area contributed by atoms with Crippen molar-refractivity contribution in [2.45, 2.75) is 6.10 Å². The molecular weight excluding hydrogens is 332 g/mol. The number of halogens is 2. The van der Waals surface area contributed by atoms with Gasteiger partial charge < -0.3 is 9.52 Å². The van der Waals surface area contributed by atoms with Crippen LogP contribution >= 0.6 is 43.2 Å². The number of rotatable bonds is 2. The maximum absolute atomic E-state index is 9.94. The van der Waals surface area contributed by atoms with Crippen molar-refractivity contribution in [3.8, 4) is 0 Å². The van der Waals surface area contributed by atoms with Gasteiger partial charge >= 0.3 is 0 Å².